The van der Waals surface area contributed by atoms with Gasteiger partial charge in [0.05, 0.1) is 7.11 Å². The minimum atomic E-state index is -1.14. The monoisotopic (exact) mass is 421 g/mol. The SMILES string of the molecule is COC(=O)/C=C/c1ccccc1[C@H](NC(=O)OCc1ccccc1)C1(C)C=CC(=O)O1. The molecular weight excluding hydrogens is 398 g/mol. The first kappa shape index (κ1) is 21.8. The molecule has 0 spiro atoms. The van der Waals surface area contributed by atoms with Crippen LogP contribution in [0.25, 0.3) is 6.08 Å². The van der Waals surface area contributed by atoms with E-state index < -0.39 is 29.7 Å². The minimum Gasteiger partial charge on any atom is -0.466 e. The molecule has 0 fully saturated rings. The first-order chi connectivity index (χ1) is 14.9. The fraction of sp³-hybridized carbons (Fsp3) is 0.208. The second kappa shape index (κ2) is 9.75. The first-order valence-electron chi connectivity index (χ1n) is 9.65. The number of cyclic esters (lactones) is 1. The van der Waals surface area contributed by atoms with Gasteiger partial charge in [-0.25, -0.2) is 14.4 Å². The largest absolute Gasteiger partial charge is 0.466 e. The Balaban J connectivity index is 1.87. The van der Waals surface area contributed by atoms with Crippen molar-refractivity contribution in [3.63, 3.8) is 0 Å². The van der Waals surface area contributed by atoms with Crippen LogP contribution in [0, 0.1) is 0 Å². The van der Waals surface area contributed by atoms with Crippen molar-refractivity contribution in [2.24, 2.45) is 0 Å². The third kappa shape index (κ3) is 5.60. The molecule has 2 aromatic carbocycles. The molecule has 7 heteroatoms. The van der Waals surface area contributed by atoms with Crippen LogP contribution in [-0.4, -0.2) is 30.7 Å². The molecule has 0 saturated heterocycles. The summed E-state index contributed by atoms with van der Waals surface area (Å²) in [6.07, 6.45) is 5.10. The Labute approximate surface area is 180 Å². The maximum atomic E-state index is 12.6. The van der Waals surface area contributed by atoms with Crippen molar-refractivity contribution in [3.05, 3.63) is 89.5 Å². The van der Waals surface area contributed by atoms with Crippen molar-refractivity contribution >= 4 is 24.1 Å². The van der Waals surface area contributed by atoms with E-state index in [0.29, 0.717) is 11.1 Å². The number of nitrogens with one attached hydrogen (secondary N) is 1. The second-order valence-electron chi connectivity index (χ2n) is 7.06. The van der Waals surface area contributed by atoms with Gasteiger partial charge in [0.15, 0.2) is 5.60 Å². The van der Waals surface area contributed by atoms with Gasteiger partial charge in [0.1, 0.15) is 12.6 Å². The van der Waals surface area contributed by atoms with Crippen LogP contribution in [0.1, 0.15) is 29.7 Å². The highest BCUT2D eigenvalue weighted by Crippen LogP contribution is 2.36. The lowest BCUT2D eigenvalue weighted by Gasteiger charge is -2.33. The quantitative estimate of drug-likeness (QED) is 0.416. The standard InChI is InChI=1S/C24H23NO6/c1-24(15-14-21(27)31-24)22(25-23(28)30-16-17-8-4-3-5-9-17)19-11-7-6-10-18(19)12-13-20(26)29-2/h3-15,22H,16H2,1-2H3,(H,25,28)/b13-12+/t22-,24?/m0/s1. The molecule has 1 heterocycles. The number of hydrogen-bond acceptors (Lipinski definition) is 6. The van der Waals surface area contributed by atoms with E-state index in [0.717, 1.165) is 5.56 Å². The smallest absolute Gasteiger partial charge is 0.408 e. The van der Waals surface area contributed by atoms with Crippen LogP contribution in [0.5, 0.6) is 0 Å². The maximum Gasteiger partial charge on any atom is 0.408 e. The molecule has 1 aliphatic rings. The highest BCUT2D eigenvalue weighted by Gasteiger charge is 2.42. The van der Waals surface area contributed by atoms with Gasteiger partial charge in [-0.05, 0) is 35.8 Å². The Hall–Kier alpha value is -3.87. The molecule has 2 aromatic rings. The Morgan fingerprint density at radius 2 is 1.84 bits per heavy atom. The van der Waals surface area contributed by atoms with Crippen LogP contribution in [0.15, 0.2) is 72.8 Å². The predicted molar refractivity (Wildman–Crippen MR) is 114 cm³/mol. The summed E-state index contributed by atoms with van der Waals surface area (Å²) in [5, 5.41) is 2.81. The first-order valence-corrected chi connectivity index (χ1v) is 9.65. The molecule has 31 heavy (non-hydrogen) atoms. The molecule has 0 bridgehead atoms. The summed E-state index contributed by atoms with van der Waals surface area (Å²) in [6.45, 7) is 1.78. The average molecular weight is 421 g/mol. The molecule has 0 aliphatic carbocycles. The van der Waals surface area contributed by atoms with Crippen LogP contribution in [-0.2, 0) is 30.4 Å². The van der Waals surface area contributed by atoms with Gasteiger partial charge in [-0.15, -0.1) is 0 Å². The third-order valence-corrected chi connectivity index (χ3v) is 4.83. The van der Waals surface area contributed by atoms with Gasteiger partial charge < -0.3 is 19.5 Å². The van der Waals surface area contributed by atoms with E-state index >= 15 is 0 Å². The maximum absolute atomic E-state index is 12.6. The van der Waals surface area contributed by atoms with Gasteiger partial charge in [0, 0.05) is 12.2 Å². The summed E-state index contributed by atoms with van der Waals surface area (Å²) in [6, 6.07) is 15.7. The van der Waals surface area contributed by atoms with Crippen LogP contribution in [0.4, 0.5) is 4.79 Å². The summed E-state index contributed by atoms with van der Waals surface area (Å²) >= 11 is 0. The highest BCUT2D eigenvalue weighted by molar-refractivity contribution is 5.87. The number of carbonyl (C=O) groups excluding carboxylic acids is 3. The highest BCUT2D eigenvalue weighted by atomic mass is 16.6. The van der Waals surface area contributed by atoms with E-state index in [4.69, 9.17) is 9.47 Å². The number of benzene rings is 2. The second-order valence-corrected chi connectivity index (χ2v) is 7.06. The summed E-state index contributed by atoms with van der Waals surface area (Å²) in [7, 11) is 1.29. The topological polar surface area (TPSA) is 90.9 Å². The van der Waals surface area contributed by atoms with Crippen molar-refractivity contribution in [2.45, 2.75) is 25.2 Å². The number of carbonyl (C=O) groups is 3. The van der Waals surface area contributed by atoms with E-state index in [9.17, 15) is 14.4 Å². The average Bonchev–Trinajstić information content (AvgIpc) is 3.14. The number of ether oxygens (including phenoxy) is 3. The number of alkyl carbamates (subject to hydrolysis) is 1. The molecule has 1 aliphatic heterocycles. The zero-order valence-corrected chi connectivity index (χ0v) is 17.2. The molecule has 1 unspecified atom stereocenters. The van der Waals surface area contributed by atoms with Crippen molar-refractivity contribution in [2.75, 3.05) is 7.11 Å². The predicted octanol–water partition coefficient (Wildman–Crippen LogP) is 3.71. The van der Waals surface area contributed by atoms with E-state index in [1.165, 1.54) is 19.3 Å². The fourth-order valence-electron chi connectivity index (χ4n) is 3.24. The Kier molecular flexibility index (Phi) is 6.87. The third-order valence-electron chi connectivity index (χ3n) is 4.83. The van der Waals surface area contributed by atoms with Crippen LogP contribution < -0.4 is 5.32 Å². The molecule has 0 saturated carbocycles. The van der Waals surface area contributed by atoms with Crippen molar-refractivity contribution in [1.29, 1.82) is 0 Å². The molecule has 0 radical (unpaired) electrons. The lowest BCUT2D eigenvalue weighted by atomic mass is 9.87. The van der Waals surface area contributed by atoms with Crippen LogP contribution in [0.2, 0.25) is 0 Å². The number of rotatable bonds is 7. The van der Waals surface area contributed by atoms with Gasteiger partial charge in [-0.1, -0.05) is 54.6 Å². The zero-order chi connectivity index (χ0) is 22.3. The summed E-state index contributed by atoms with van der Waals surface area (Å²) in [5.74, 6) is -1.02. The van der Waals surface area contributed by atoms with Gasteiger partial charge in [0.25, 0.3) is 0 Å². The Bertz CT molecular complexity index is 1010. The molecule has 160 valence electrons. The molecule has 3 rings (SSSR count). The number of esters is 2. The Morgan fingerprint density at radius 3 is 2.52 bits per heavy atom. The molecule has 7 nitrogen and oxygen atoms in total. The molecule has 1 amide bonds. The zero-order valence-electron chi connectivity index (χ0n) is 17.2. The van der Waals surface area contributed by atoms with Crippen molar-refractivity contribution in [1.82, 2.24) is 5.32 Å². The van der Waals surface area contributed by atoms with E-state index in [-0.39, 0.29) is 6.61 Å². The van der Waals surface area contributed by atoms with E-state index in [1.807, 2.05) is 30.3 Å². The summed E-state index contributed by atoms with van der Waals surface area (Å²) in [5.41, 5.74) is 0.993. The van der Waals surface area contributed by atoms with E-state index in [1.54, 1.807) is 43.3 Å². The summed E-state index contributed by atoms with van der Waals surface area (Å²) < 4.78 is 15.5. The molecular formula is C24H23NO6. The Morgan fingerprint density at radius 1 is 1.13 bits per heavy atom. The van der Waals surface area contributed by atoms with Crippen molar-refractivity contribution in [3.8, 4) is 0 Å². The van der Waals surface area contributed by atoms with Crippen LogP contribution in [0.3, 0.4) is 0 Å². The number of amides is 1. The fourth-order valence-corrected chi connectivity index (χ4v) is 3.24. The van der Waals surface area contributed by atoms with Gasteiger partial charge in [-0.2, -0.15) is 0 Å². The number of hydrogen-bond donors (Lipinski definition) is 1. The lowest BCUT2D eigenvalue weighted by molar-refractivity contribution is -0.146. The van der Waals surface area contributed by atoms with E-state index in [2.05, 4.69) is 10.1 Å². The van der Waals surface area contributed by atoms with Crippen LogP contribution >= 0.6 is 0 Å². The lowest BCUT2D eigenvalue weighted by Crippen LogP contribution is -2.44. The van der Waals surface area contributed by atoms with Gasteiger partial charge in [-0.3, -0.25) is 0 Å². The molecule has 0 aromatic heterocycles. The minimum absolute atomic E-state index is 0.0929. The van der Waals surface area contributed by atoms with Crippen molar-refractivity contribution < 1.29 is 28.6 Å². The van der Waals surface area contributed by atoms with Gasteiger partial charge >= 0.3 is 18.0 Å². The number of methoxy groups -OCH3 is 1. The molecule has 1 N–H and O–H groups in total. The normalized spacial score (nSPS) is 18.5. The van der Waals surface area contributed by atoms with Gasteiger partial charge in [0.2, 0.25) is 0 Å². The summed E-state index contributed by atoms with van der Waals surface area (Å²) in [4.78, 5) is 36.0. The molecule has 2 atom stereocenters.